The van der Waals surface area contributed by atoms with E-state index in [4.69, 9.17) is 24.2 Å². The number of rotatable bonds is 18. The predicted octanol–water partition coefficient (Wildman–Crippen LogP) is 9.78. The molecular weight excluding hydrogens is 749 g/mol. The van der Waals surface area contributed by atoms with E-state index < -0.39 is 17.7 Å². The van der Waals surface area contributed by atoms with Crippen LogP contribution in [-0.4, -0.2) is 78.3 Å². The summed E-state index contributed by atoms with van der Waals surface area (Å²) in [7, 11) is 1.83. The number of nitrogens with zero attached hydrogens (tertiary/aromatic N) is 2. The number of ether oxygens (including phenoxy) is 3. The number of hydrogen-bond acceptors (Lipinski definition) is 9. The van der Waals surface area contributed by atoms with Gasteiger partial charge in [-0.2, -0.15) is 0 Å². The second kappa shape index (κ2) is 19.0. The Labute approximate surface area is 346 Å². The molecule has 0 radical (unpaired) electrons. The lowest BCUT2D eigenvalue weighted by molar-refractivity contribution is -0.252. The fraction of sp³-hybridized carbons (Fsp3) is 0.417. The molecule has 2 N–H and O–H groups in total. The summed E-state index contributed by atoms with van der Waals surface area (Å²) in [5, 5.41) is 26.6. The molecule has 10 heteroatoms. The number of oxime groups is 1. The number of benzene rings is 4. The normalized spacial score (nSPS) is 24.0. The molecule has 0 bridgehead atoms. The fourth-order valence-electron chi connectivity index (χ4n) is 9.38. The Balaban J connectivity index is 1.41. The molecule has 4 aromatic rings. The Hall–Kier alpha value is -4.61. The van der Waals surface area contributed by atoms with Crippen LogP contribution in [0.4, 0.5) is 0 Å². The topological polar surface area (TPSA) is 110 Å². The van der Waals surface area contributed by atoms with Crippen molar-refractivity contribution in [3.8, 4) is 17.2 Å². The van der Waals surface area contributed by atoms with Gasteiger partial charge in [0, 0.05) is 48.6 Å². The van der Waals surface area contributed by atoms with Crippen molar-refractivity contribution in [2.75, 3.05) is 39.7 Å². The van der Waals surface area contributed by atoms with E-state index in [-0.39, 0.29) is 43.5 Å². The number of carbonyl (C=O) groups excluding carboxylic acids is 1. The zero-order chi connectivity index (χ0) is 40.6. The maximum Gasteiger partial charge on any atom is 0.254 e. The van der Waals surface area contributed by atoms with Gasteiger partial charge in [-0.05, 0) is 122 Å². The predicted molar refractivity (Wildman–Crippen MR) is 231 cm³/mol. The second-order valence-electron chi connectivity index (χ2n) is 15.4. The highest BCUT2D eigenvalue weighted by molar-refractivity contribution is 7.98. The number of carbonyl (C=O) groups is 1. The van der Waals surface area contributed by atoms with Crippen molar-refractivity contribution in [2.24, 2.45) is 22.9 Å². The van der Waals surface area contributed by atoms with Crippen molar-refractivity contribution in [3.63, 3.8) is 0 Å². The molecule has 0 saturated heterocycles. The van der Waals surface area contributed by atoms with Crippen LogP contribution in [0.2, 0.25) is 0 Å². The maximum absolute atomic E-state index is 14.7. The van der Waals surface area contributed by atoms with Gasteiger partial charge < -0.3 is 34.2 Å². The number of thioether (sulfide) groups is 1. The van der Waals surface area contributed by atoms with E-state index in [1.54, 1.807) is 22.7 Å². The molecule has 7 rings (SSSR count). The van der Waals surface area contributed by atoms with Crippen LogP contribution >= 0.6 is 11.8 Å². The summed E-state index contributed by atoms with van der Waals surface area (Å²) < 4.78 is 20.9. The number of fused-ring (bicyclic) bond motifs is 3. The second-order valence-corrected chi connectivity index (χ2v) is 16.3. The molecule has 1 heterocycles. The standard InChI is InChI=1S/C48H56N2O7S/c1-5-27-54-48-44(50(3)47(53)35-18-17-32-13-7-8-14-33(32)28-35)31-42(49-55-6-2)40-29-34(15-9-11-25-51)39(16-10-12-26-52)45(46(40)48)41-30-37(21-24-43(41)57-48)56-36-19-22-38(58-4)23-20-36/h5,7-8,13-14,17-24,28-30,34,39,44-46,51-52H,1,6,9-12,15-16,25-27,31H2,2-4H3/t34-,39+,44-,45+,46+,48+/m0/s1. The smallest absolute Gasteiger partial charge is 0.254 e. The Bertz CT molecular complexity index is 2120. The summed E-state index contributed by atoms with van der Waals surface area (Å²) in [4.78, 5) is 23.5. The van der Waals surface area contributed by atoms with E-state index in [9.17, 15) is 15.0 Å². The molecule has 6 atom stereocenters. The number of likely N-dealkylation sites (N-methyl/N-ethyl adjacent to an activating group) is 1. The molecule has 0 aromatic heterocycles. The van der Waals surface area contributed by atoms with Crippen LogP contribution in [0, 0.1) is 17.8 Å². The van der Waals surface area contributed by atoms with Crippen LogP contribution in [0.15, 0.2) is 119 Å². The van der Waals surface area contributed by atoms with Gasteiger partial charge in [0.25, 0.3) is 5.91 Å². The lowest BCUT2D eigenvalue weighted by atomic mass is 9.55. The Kier molecular flexibility index (Phi) is 13.6. The van der Waals surface area contributed by atoms with Crippen molar-refractivity contribution in [3.05, 3.63) is 120 Å². The zero-order valence-corrected chi connectivity index (χ0v) is 34.7. The Morgan fingerprint density at radius 3 is 2.43 bits per heavy atom. The molecular formula is C48H56N2O7S. The molecule has 1 aliphatic heterocycles. The highest BCUT2D eigenvalue weighted by Gasteiger charge is 2.65. The number of amides is 1. The van der Waals surface area contributed by atoms with Crippen LogP contribution in [0.5, 0.6) is 17.2 Å². The van der Waals surface area contributed by atoms with Gasteiger partial charge in [0.05, 0.1) is 18.2 Å². The average Bonchev–Trinajstić information content (AvgIpc) is 3.25. The molecule has 1 fully saturated rings. The van der Waals surface area contributed by atoms with Crippen LogP contribution < -0.4 is 9.47 Å². The quantitative estimate of drug-likeness (QED) is 0.0443. The van der Waals surface area contributed by atoms with Gasteiger partial charge in [-0.25, -0.2) is 0 Å². The highest BCUT2D eigenvalue weighted by Crippen LogP contribution is 2.62. The number of hydrogen-bond donors (Lipinski definition) is 2. The molecule has 3 aliphatic rings. The summed E-state index contributed by atoms with van der Waals surface area (Å²) in [6, 6.07) is 27.3. The fourth-order valence-corrected chi connectivity index (χ4v) is 9.79. The molecule has 0 unspecified atom stereocenters. The van der Waals surface area contributed by atoms with E-state index >= 15 is 0 Å². The average molecular weight is 805 g/mol. The summed E-state index contributed by atoms with van der Waals surface area (Å²) in [6.07, 6.45) is 11.3. The third kappa shape index (κ3) is 8.43. The zero-order valence-electron chi connectivity index (χ0n) is 33.8. The highest BCUT2D eigenvalue weighted by atomic mass is 32.2. The van der Waals surface area contributed by atoms with Gasteiger partial charge in [-0.15, -0.1) is 18.3 Å². The lowest BCUT2D eigenvalue weighted by Gasteiger charge is -2.59. The minimum absolute atomic E-state index is 0.109. The van der Waals surface area contributed by atoms with Gasteiger partial charge in [0.1, 0.15) is 29.9 Å². The molecule has 1 saturated carbocycles. The Morgan fingerprint density at radius 2 is 1.71 bits per heavy atom. The monoisotopic (exact) mass is 804 g/mol. The number of aliphatic hydroxyl groups excluding tert-OH is 2. The van der Waals surface area contributed by atoms with Gasteiger partial charge in [-0.3, -0.25) is 4.79 Å². The SMILES string of the molecule is C=CCO[C@@]12Oc3ccc(Oc4ccc(SC)cc4)cc3[C@H]3[C@H](CCCCO)[C@@H](CCCCO)C=C(C(=NOCC)C[C@@H]1N(C)C(=O)c1ccc4ccccc4c1)[C@H]32. The van der Waals surface area contributed by atoms with Crippen LogP contribution in [-0.2, 0) is 9.57 Å². The lowest BCUT2D eigenvalue weighted by Crippen LogP contribution is -2.69. The molecule has 1 amide bonds. The van der Waals surface area contributed by atoms with E-state index in [0.29, 0.717) is 42.9 Å². The number of allylic oxidation sites excluding steroid dienone is 1. The van der Waals surface area contributed by atoms with E-state index in [2.05, 4.69) is 37.1 Å². The van der Waals surface area contributed by atoms with Crippen LogP contribution in [0.25, 0.3) is 10.8 Å². The van der Waals surface area contributed by atoms with Crippen LogP contribution in [0.3, 0.4) is 0 Å². The molecule has 306 valence electrons. The first kappa shape index (κ1) is 41.5. The first-order valence-electron chi connectivity index (χ1n) is 20.6. The van der Waals surface area contributed by atoms with Gasteiger partial charge in [0.15, 0.2) is 0 Å². The van der Waals surface area contributed by atoms with Crippen molar-refractivity contribution in [1.82, 2.24) is 4.90 Å². The minimum atomic E-state index is -1.33. The maximum atomic E-state index is 14.7. The number of unbranched alkanes of at least 4 members (excludes halogenated alkanes) is 2. The minimum Gasteiger partial charge on any atom is -0.459 e. The van der Waals surface area contributed by atoms with E-state index in [1.807, 2.05) is 80.7 Å². The summed E-state index contributed by atoms with van der Waals surface area (Å²) in [6.45, 7) is 6.78. The van der Waals surface area contributed by atoms with E-state index in [0.717, 1.165) is 63.9 Å². The molecule has 9 nitrogen and oxygen atoms in total. The summed E-state index contributed by atoms with van der Waals surface area (Å²) >= 11 is 1.68. The van der Waals surface area contributed by atoms with Gasteiger partial charge >= 0.3 is 0 Å². The summed E-state index contributed by atoms with van der Waals surface area (Å²) in [5.41, 5.74) is 3.35. The van der Waals surface area contributed by atoms with Crippen molar-refractivity contribution in [1.29, 1.82) is 0 Å². The first-order chi connectivity index (χ1) is 28.3. The van der Waals surface area contributed by atoms with Gasteiger partial charge in [-0.1, -0.05) is 60.5 Å². The van der Waals surface area contributed by atoms with Gasteiger partial charge in [0.2, 0.25) is 5.79 Å². The molecule has 0 spiro atoms. The first-order valence-corrected chi connectivity index (χ1v) is 21.9. The Morgan fingerprint density at radius 1 is 0.966 bits per heavy atom. The number of aliphatic hydroxyl groups is 2. The third-order valence-electron chi connectivity index (χ3n) is 12.0. The van der Waals surface area contributed by atoms with Crippen molar-refractivity contribution in [2.45, 2.75) is 74.5 Å². The molecule has 2 aliphatic carbocycles. The largest absolute Gasteiger partial charge is 0.459 e. The van der Waals surface area contributed by atoms with Crippen molar-refractivity contribution < 1.29 is 34.1 Å². The molecule has 4 aromatic carbocycles. The summed E-state index contributed by atoms with van der Waals surface area (Å²) in [5.74, 6) is 0.333. The van der Waals surface area contributed by atoms with Crippen molar-refractivity contribution >= 4 is 34.2 Å². The molecule has 58 heavy (non-hydrogen) atoms. The van der Waals surface area contributed by atoms with Crippen LogP contribution in [0.1, 0.15) is 73.7 Å². The van der Waals surface area contributed by atoms with E-state index in [1.165, 1.54) is 0 Å². The third-order valence-corrected chi connectivity index (χ3v) is 12.8.